The van der Waals surface area contributed by atoms with E-state index in [1.54, 1.807) is 30.3 Å². The second kappa shape index (κ2) is 14.2. The second-order valence-corrected chi connectivity index (χ2v) is 9.84. The first kappa shape index (κ1) is 31.9. The van der Waals surface area contributed by atoms with Crippen molar-refractivity contribution in [1.29, 1.82) is 0 Å². The smallest absolute Gasteiger partial charge is 0.330 e. The average molecular weight is 588 g/mol. The van der Waals surface area contributed by atoms with Crippen LogP contribution in [-0.2, 0) is 18.8 Å². The fourth-order valence-electron chi connectivity index (χ4n) is 2.97. The normalized spacial score (nSPS) is 21.2. The van der Waals surface area contributed by atoms with Crippen LogP contribution in [0.2, 0.25) is 5.02 Å². The largest absolute Gasteiger partial charge is 0.436 e. The Morgan fingerprint density at radius 1 is 1.29 bits per heavy atom. The lowest BCUT2D eigenvalue weighted by Crippen LogP contribution is -2.43. The zero-order valence-electron chi connectivity index (χ0n) is 20.5. The maximum absolute atomic E-state index is 14.7. The second-order valence-electron chi connectivity index (χ2n) is 8.17. The molecule has 1 aromatic carbocycles. The molecule has 0 radical (unpaired) electrons. The number of carbonyl (C=O) groups excluding carboxylic acids is 1. The highest BCUT2D eigenvalue weighted by atomic mass is 35.5. The average Bonchev–Trinajstić information content (AvgIpc) is 3.15. The number of hydrogen-bond acceptors (Lipinski definition) is 8. The molecule has 2 aromatic rings. The summed E-state index contributed by atoms with van der Waals surface area (Å²) in [4.78, 5) is 35.8. The Bertz CT molecular complexity index is 1160. The molecule has 0 saturated carbocycles. The Morgan fingerprint density at radius 3 is 2.47 bits per heavy atom. The molecular formula is C22H27ClF4N3O7P. The lowest BCUT2D eigenvalue weighted by atomic mass is 10.00. The van der Waals surface area contributed by atoms with Gasteiger partial charge in [0.1, 0.15) is 17.1 Å². The van der Waals surface area contributed by atoms with Gasteiger partial charge in [-0.3, -0.25) is 14.3 Å². The Morgan fingerprint density at radius 2 is 1.92 bits per heavy atom. The number of aldehydes is 1. The molecule has 0 bridgehead atoms. The minimum atomic E-state index is -3.95. The number of alkyl halides is 4. The van der Waals surface area contributed by atoms with Crippen LogP contribution in [0, 0.1) is 0 Å². The van der Waals surface area contributed by atoms with Gasteiger partial charge in [0.05, 0.1) is 25.7 Å². The molecule has 16 heteroatoms. The molecule has 3 unspecified atom stereocenters. The summed E-state index contributed by atoms with van der Waals surface area (Å²) in [5, 5.41) is 1.92. The maximum atomic E-state index is 14.7. The standard InChI is InChI=1S/C18H17ClF4N3O6P.C4H10O/c19-12-8-26(16(29)25-13(12)28)15-18(22,23)9-17(31-15,14(20)21)10-30-33(24-6-7-27)32-11-4-2-1-3-5-11;1-4(2)5-3/h1-5,7-8,14-15,24H,6,9-10H2,(H,25,28,29);4H,1-3H3. The van der Waals surface area contributed by atoms with Gasteiger partial charge >= 0.3 is 14.2 Å². The van der Waals surface area contributed by atoms with E-state index in [1.807, 2.05) is 13.8 Å². The molecule has 212 valence electrons. The molecule has 1 aromatic heterocycles. The summed E-state index contributed by atoms with van der Waals surface area (Å²) in [6.45, 7) is 2.68. The van der Waals surface area contributed by atoms with Gasteiger partial charge in [-0.05, 0) is 26.0 Å². The van der Waals surface area contributed by atoms with Gasteiger partial charge < -0.3 is 23.3 Å². The van der Waals surface area contributed by atoms with Gasteiger partial charge in [0, 0.05) is 13.3 Å². The Kier molecular flexibility index (Phi) is 11.9. The molecule has 2 heterocycles. The summed E-state index contributed by atoms with van der Waals surface area (Å²) in [6.07, 6.45) is -6.01. The lowest BCUT2D eigenvalue weighted by molar-refractivity contribution is -0.180. The molecule has 3 rings (SSSR count). The van der Waals surface area contributed by atoms with Gasteiger partial charge in [-0.25, -0.2) is 27.4 Å². The van der Waals surface area contributed by atoms with Crippen molar-refractivity contribution >= 4 is 26.4 Å². The molecule has 0 spiro atoms. The van der Waals surface area contributed by atoms with E-state index in [0.717, 1.165) is 0 Å². The summed E-state index contributed by atoms with van der Waals surface area (Å²) in [5.74, 6) is -3.68. The zero-order chi connectivity index (χ0) is 28.5. The first-order chi connectivity index (χ1) is 17.8. The van der Waals surface area contributed by atoms with Crippen LogP contribution in [0.15, 0.2) is 46.1 Å². The highest BCUT2D eigenvalue weighted by Crippen LogP contribution is 2.51. The topological polar surface area (TPSA) is 121 Å². The van der Waals surface area contributed by atoms with Crippen molar-refractivity contribution in [3.63, 3.8) is 0 Å². The quantitative estimate of drug-likeness (QED) is 0.231. The van der Waals surface area contributed by atoms with Gasteiger partial charge in [0.25, 0.3) is 17.9 Å². The van der Waals surface area contributed by atoms with E-state index in [1.165, 1.54) is 12.1 Å². The van der Waals surface area contributed by atoms with Crippen LogP contribution in [0.25, 0.3) is 0 Å². The predicted octanol–water partition coefficient (Wildman–Crippen LogP) is 3.90. The van der Waals surface area contributed by atoms with Crippen molar-refractivity contribution in [1.82, 2.24) is 14.6 Å². The van der Waals surface area contributed by atoms with E-state index >= 15 is 0 Å². The van der Waals surface area contributed by atoms with Crippen LogP contribution in [-0.4, -0.2) is 60.2 Å². The fraction of sp³-hybridized carbons (Fsp3) is 0.500. The molecule has 1 saturated heterocycles. The molecule has 2 N–H and O–H groups in total. The Balaban J connectivity index is 0.000000926. The van der Waals surface area contributed by atoms with Crippen molar-refractivity contribution in [3.8, 4) is 5.75 Å². The van der Waals surface area contributed by atoms with E-state index in [9.17, 15) is 31.9 Å². The Hall–Kier alpha value is -2.35. The van der Waals surface area contributed by atoms with Crippen LogP contribution in [0.1, 0.15) is 26.5 Å². The minimum absolute atomic E-state index is 0.238. The number of nitrogens with one attached hydrogen (secondary N) is 2. The summed E-state index contributed by atoms with van der Waals surface area (Å²) in [5.41, 5.74) is -5.19. The molecule has 1 aliphatic heterocycles. The van der Waals surface area contributed by atoms with Gasteiger partial charge in [0.2, 0.25) is 6.23 Å². The van der Waals surface area contributed by atoms with Crippen molar-refractivity contribution in [2.45, 2.75) is 50.5 Å². The highest BCUT2D eigenvalue weighted by Gasteiger charge is 2.63. The molecule has 10 nitrogen and oxygen atoms in total. The van der Waals surface area contributed by atoms with Crippen LogP contribution in [0.4, 0.5) is 17.6 Å². The van der Waals surface area contributed by atoms with Crippen LogP contribution in [0.5, 0.6) is 5.75 Å². The summed E-state index contributed by atoms with van der Waals surface area (Å²) in [7, 11) is -0.508. The number of H-pyrrole nitrogens is 1. The highest BCUT2D eigenvalue weighted by molar-refractivity contribution is 7.45. The van der Waals surface area contributed by atoms with Crippen molar-refractivity contribution in [2.24, 2.45) is 0 Å². The van der Waals surface area contributed by atoms with Crippen LogP contribution >= 0.6 is 20.1 Å². The van der Waals surface area contributed by atoms with Gasteiger partial charge in [0.15, 0.2) is 5.60 Å². The number of rotatable bonds is 11. The van der Waals surface area contributed by atoms with Gasteiger partial charge in [-0.15, -0.1) is 0 Å². The number of aromatic nitrogens is 2. The van der Waals surface area contributed by atoms with Crippen LogP contribution in [0.3, 0.4) is 0 Å². The van der Waals surface area contributed by atoms with E-state index in [-0.39, 0.29) is 16.9 Å². The number of hydrogen-bond donors (Lipinski definition) is 2. The number of halogens is 5. The third-order valence-corrected chi connectivity index (χ3v) is 6.40. The van der Waals surface area contributed by atoms with E-state index in [2.05, 4.69) is 5.09 Å². The summed E-state index contributed by atoms with van der Waals surface area (Å²) in [6, 6.07) is 8.02. The minimum Gasteiger partial charge on any atom is -0.436 e. The number of para-hydroxylation sites is 1. The number of aromatic amines is 1. The lowest BCUT2D eigenvalue weighted by Gasteiger charge is -2.29. The van der Waals surface area contributed by atoms with E-state index in [0.29, 0.717) is 18.6 Å². The molecule has 38 heavy (non-hydrogen) atoms. The van der Waals surface area contributed by atoms with Crippen LogP contribution < -0.4 is 20.9 Å². The molecule has 1 aliphatic rings. The monoisotopic (exact) mass is 587 g/mol. The Labute approximate surface area is 221 Å². The molecule has 3 atom stereocenters. The fourth-order valence-corrected chi connectivity index (χ4v) is 4.20. The molecule has 1 fully saturated rings. The van der Waals surface area contributed by atoms with E-state index in [4.69, 9.17) is 30.1 Å². The van der Waals surface area contributed by atoms with E-state index < -0.39 is 62.0 Å². The number of benzene rings is 1. The molecule has 0 aliphatic carbocycles. The number of methoxy groups -OCH3 is 1. The first-order valence-corrected chi connectivity index (χ1v) is 12.6. The zero-order valence-corrected chi connectivity index (χ0v) is 22.2. The molecular weight excluding hydrogens is 561 g/mol. The summed E-state index contributed by atoms with van der Waals surface area (Å²) >= 11 is 5.59. The predicted molar refractivity (Wildman–Crippen MR) is 131 cm³/mol. The van der Waals surface area contributed by atoms with Gasteiger partial charge in [-0.2, -0.15) is 0 Å². The summed E-state index contributed by atoms with van der Waals surface area (Å²) < 4.78 is 78.2. The maximum Gasteiger partial charge on any atom is 0.330 e. The number of nitrogens with zero attached hydrogens (tertiary/aromatic N) is 1. The van der Waals surface area contributed by atoms with Crippen molar-refractivity contribution in [3.05, 3.63) is 62.4 Å². The number of carbonyl (C=O) groups is 1. The third kappa shape index (κ3) is 8.58. The van der Waals surface area contributed by atoms with Crippen molar-refractivity contribution in [2.75, 3.05) is 20.3 Å². The third-order valence-electron chi connectivity index (χ3n) is 4.95. The molecule has 0 amide bonds. The first-order valence-electron chi connectivity index (χ1n) is 11.1. The van der Waals surface area contributed by atoms with Gasteiger partial charge in [-0.1, -0.05) is 29.8 Å². The van der Waals surface area contributed by atoms with Crippen molar-refractivity contribution < 1.29 is 40.9 Å². The SMILES string of the molecule is COC(C)C.O=CCNP(OCC1(C(F)F)CC(F)(F)C(n2cc(Cl)c(=O)[nH]c2=O)O1)Oc1ccccc1. The number of ether oxygens (including phenoxy) is 2.